The van der Waals surface area contributed by atoms with Crippen LogP contribution in [0.5, 0.6) is 0 Å². The Morgan fingerprint density at radius 1 is 1.33 bits per heavy atom. The van der Waals surface area contributed by atoms with E-state index in [0.29, 0.717) is 12.5 Å². The Morgan fingerprint density at radius 2 is 1.95 bits per heavy atom. The van der Waals surface area contributed by atoms with E-state index >= 15 is 0 Å². The summed E-state index contributed by atoms with van der Waals surface area (Å²) in [5.74, 6) is 0.556. The van der Waals surface area contributed by atoms with Gasteiger partial charge in [0.2, 0.25) is 5.91 Å². The first-order valence-corrected chi connectivity index (χ1v) is 7.92. The van der Waals surface area contributed by atoms with E-state index in [0.717, 1.165) is 32.4 Å². The van der Waals surface area contributed by atoms with Crippen LogP contribution in [0.2, 0.25) is 0 Å². The van der Waals surface area contributed by atoms with Crippen molar-refractivity contribution in [1.29, 1.82) is 0 Å². The minimum absolute atomic E-state index is 0.107. The number of fused-ring (bicyclic) bond motifs is 1. The van der Waals surface area contributed by atoms with Crippen molar-refractivity contribution in [1.82, 2.24) is 10.2 Å². The third kappa shape index (κ3) is 3.27. The fraction of sp³-hybridized carbons (Fsp3) is 0.588. The molecule has 21 heavy (non-hydrogen) atoms. The highest BCUT2D eigenvalue weighted by molar-refractivity contribution is 5.78. The molecular weight excluding hydrogens is 264 g/mol. The van der Waals surface area contributed by atoms with E-state index in [1.807, 2.05) is 0 Å². The van der Waals surface area contributed by atoms with Crippen LogP contribution in [0.25, 0.3) is 0 Å². The van der Waals surface area contributed by atoms with Crippen molar-refractivity contribution < 1.29 is 9.90 Å². The monoisotopic (exact) mass is 288 g/mol. The number of aliphatic hydroxyl groups excluding tert-OH is 1. The molecule has 1 aromatic carbocycles. The maximum absolute atomic E-state index is 12.2. The zero-order chi connectivity index (χ0) is 14.8. The summed E-state index contributed by atoms with van der Waals surface area (Å²) in [5.41, 5.74) is 2.67. The van der Waals surface area contributed by atoms with E-state index in [4.69, 9.17) is 0 Å². The second kappa shape index (κ2) is 6.16. The van der Waals surface area contributed by atoms with Gasteiger partial charge in [0.25, 0.3) is 0 Å². The number of benzene rings is 1. The van der Waals surface area contributed by atoms with Crippen LogP contribution < -0.4 is 5.32 Å². The van der Waals surface area contributed by atoms with Gasteiger partial charge in [-0.2, -0.15) is 0 Å². The van der Waals surface area contributed by atoms with Gasteiger partial charge in [-0.25, -0.2) is 0 Å². The van der Waals surface area contributed by atoms with Gasteiger partial charge in [-0.05, 0) is 36.3 Å². The molecule has 1 heterocycles. The molecule has 3 rings (SSSR count). The molecule has 0 spiro atoms. The summed E-state index contributed by atoms with van der Waals surface area (Å²) in [7, 11) is 0. The summed E-state index contributed by atoms with van der Waals surface area (Å²) in [5, 5.41) is 12.6. The van der Waals surface area contributed by atoms with Crippen molar-refractivity contribution in [2.45, 2.75) is 51.4 Å². The number of rotatable bonds is 5. The first kappa shape index (κ1) is 14.5. The Morgan fingerprint density at radius 3 is 2.48 bits per heavy atom. The Balaban J connectivity index is 1.49. The van der Waals surface area contributed by atoms with Gasteiger partial charge in [0.15, 0.2) is 0 Å². The predicted molar refractivity (Wildman–Crippen MR) is 81.5 cm³/mol. The molecule has 1 atom stereocenters. The summed E-state index contributed by atoms with van der Waals surface area (Å²) in [6, 6.07) is 8.59. The van der Waals surface area contributed by atoms with Crippen LogP contribution in [0.1, 0.15) is 37.3 Å². The largest absolute Gasteiger partial charge is 0.393 e. The molecule has 2 aliphatic rings. The Kier molecular flexibility index (Phi) is 4.27. The number of nitrogens with zero attached hydrogens (tertiary/aromatic N) is 1. The van der Waals surface area contributed by atoms with Gasteiger partial charge in [-0.1, -0.05) is 31.2 Å². The maximum Gasteiger partial charge on any atom is 0.234 e. The highest BCUT2D eigenvalue weighted by Crippen LogP contribution is 2.31. The molecule has 1 amide bonds. The predicted octanol–water partition coefficient (Wildman–Crippen LogP) is 1.67. The van der Waals surface area contributed by atoms with E-state index in [-0.39, 0.29) is 18.1 Å². The molecule has 1 aliphatic carbocycles. The highest BCUT2D eigenvalue weighted by atomic mass is 16.3. The third-order valence-corrected chi connectivity index (χ3v) is 4.78. The van der Waals surface area contributed by atoms with Crippen LogP contribution in [0.3, 0.4) is 0 Å². The van der Waals surface area contributed by atoms with Gasteiger partial charge >= 0.3 is 0 Å². The van der Waals surface area contributed by atoms with Crippen LogP contribution in [-0.4, -0.2) is 34.6 Å². The molecule has 1 aromatic rings. The standard InChI is InChI=1S/C17H24N2O2/c1-2-16(14-7-15(20)8-14)18-17(21)11-19-9-12-5-3-4-6-13(12)10-19/h3-6,14-16,20H,2,7-11H2,1H3,(H,18,21)/t14?,15?,16-/m0/s1. The van der Waals surface area contributed by atoms with Gasteiger partial charge < -0.3 is 10.4 Å². The van der Waals surface area contributed by atoms with Gasteiger partial charge in [0.1, 0.15) is 0 Å². The van der Waals surface area contributed by atoms with Crippen LogP contribution in [-0.2, 0) is 17.9 Å². The van der Waals surface area contributed by atoms with Crippen molar-refractivity contribution in [3.8, 4) is 0 Å². The molecule has 0 aromatic heterocycles. The fourth-order valence-electron chi connectivity index (χ4n) is 3.48. The third-order valence-electron chi connectivity index (χ3n) is 4.78. The molecule has 1 fully saturated rings. The first-order valence-electron chi connectivity index (χ1n) is 7.92. The minimum atomic E-state index is -0.158. The number of carbonyl (C=O) groups excluding carboxylic acids is 1. The molecule has 0 bridgehead atoms. The molecule has 0 radical (unpaired) electrons. The van der Waals surface area contributed by atoms with E-state index in [1.165, 1.54) is 11.1 Å². The normalized spacial score (nSPS) is 26.0. The molecule has 4 heteroatoms. The summed E-state index contributed by atoms with van der Waals surface area (Å²) in [6.07, 6.45) is 2.43. The highest BCUT2D eigenvalue weighted by Gasteiger charge is 2.34. The lowest BCUT2D eigenvalue weighted by Gasteiger charge is -2.37. The van der Waals surface area contributed by atoms with Gasteiger partial charge in [0.05, 0.1) is 12.6 Å². The molecule has 1 saturated carbocycles. The number of amides is 1. The van der Waals surface area contributed by atoms with Crippen molar-refractivity contribution in [3.63, 3.8) is 0 Å². The van der Waals surface area contributed by atoms with Gasteiger partial charge in [0, 0.05) is 19.1 Å². The smallest absolute Gasteiger partial charge is 0.234 e. The minimum Gasteiger partial charge on any atom is -0.393 e. The molecule has 2 N–H and O–H groups in total. The zero-order valence-electron chi connectivity index (χ0n) is 12.6. The number of carbonyl (C=O) groups is 1. The summed E-state index contributed by atoms with van der Waals surface area (Å²) in [6.45, 7) is 4.28. The molecular formula is C17H24N2O2. The zero-order valence-corrected chi connectivity index (χ0v) is 12.6. The second-order valence-electron chi connectivity index (χ2n) is 6.38. The first-order chi connectivity index (χ1) is 10.2. The van der Waals surface area contributed by atoms with Crippen LogP contribution in [0, 0.1) is 5.92 Å². The SMILES string of the molecule is CC[C@H](NC(=O)CN1Cc2ccccc2C1)C1CC(O)C1. The summed E-state index contributed by atoms with van der Waals surface area (Å²) < 4.78 is 0. The number of hydrogen-bond acceptors (Lipinski definition) is 3. The Bertz CT molecular complexity index is 486. The van der Waals surface area contributed by atoms with Crippen molar-refractivity contribution >= 4 is 5.91 Å². The van der Waals surface area contributed by atoms with E-state index < -0.39 is 0 Å². The van der Waals surface area contributed by atoms with Crippen molar-refractivity contribution in [3.05, 3.63) is 35.4 Å². The lowest BCUT2D eigenvalue weighted by Crippen LogP contribution is -2.48. The lowest BCUT2D eigenvalue weighted by molar-refractivity contribution is -0.124. The summed E-state index contributed by atoms with van der Waals surface area (Å²) >= 11 is 0. The van der Waals surface area contributed by atoms with E-state index in [9.17, 15) is 9.90 Å². The topological polar surface area (TPSA) is 52.6 Å². The quantitative estimate of drug-likeness (QED) is 0.866. The lowest BCUT2D eigenvalue weighted by atomic mass is 9.76. The molecule has 114 valence electrons. The van der Waals surface area contributed by atoms with E-state index in [1.54, 1.807) is 0 Å². The average Bonchev–Trinajstić information content (AvgIpc) is 2.83. The van der Waals surface area contributed by atoms with E-state index in [2.05, 4.69) is 41.4 Å². The number of nitrogens with one attached hydrogen (secondary N) is 1. The molecule has 4 nitrogen and oxygen atoms in total. The number of hydrogen-bond donors (Lipinski definition) is 2. The van der Waals surface area contributed by atoms with Crippen molar-refractivity contribution in [2.24, 2.45) is 5.92 Å². The Labute approximate surface area is 126 Å². The fourth-order valence-corrected chi connectivity index (χ4v) is 3.48. The van der Waals surface area contributed by atoms with Crippen LogP contribution in [0.4, 0.5) is 0 Å². The van der Waals surface area contributed by atoms with Crippen LogP contribution in [0.15, 0.2) is 24.3 Å². The second-order valence-corrected chi connectivity index (χ2v) is 6.38. The molecule has 0 unspecified atom stereocenters. The van der Waals surface area contributed by atoms with Crippen LogP contribution >= 0.6 is 0 Å². The molecule has 0 saturated heterocycles. The van der Waals surface area contributed by atoms with Gasteiger partial charge in [-0.3, -0.25) is 9.69 Å². The average molecular weight is 288 g/mol. The number of aliphatic hydroxyl groups is 1. The summed E-state index contributed by atoms with van der Waals surface area (Å²) in [4.78, 5) is 14.4. The van der Waals surface area contributed by atoms with Gasteiger partial charge in [-0.15, -0.1) is 0 Å². The van der Waals surface area contributed by atoms with Crippen molar-refractivity contribution in [2.75, 3.05) is 6.54 Å². The Hall–Kier alpha value is -1.39. The molecule has 1 aliphatic heterocycles. The maximum atomic E-state index is 12.2.